The minimum absolute atomic E-state index is 0.0561. The Morgan fingerprint density at radius 3 is 2.57 bits per heavy atom. The van der Waals surface area contributed by atoms with Gasteiger partial charge in [0.25, 0.3) is 0 Å². The normalized spacial score (nSPS) is 21.3. The quantitative estimate of drug-likeness (QED) is 0.708. The van der Waals surface area contributed by atoms with Crippen LogP contribution in [0.2, 0.25) is 0 Å². The van der Waals surface area contributed by atoms with Crippen molar-refractivity contribution in [3.63, 3.8) is 0 Å². The Balaban J connectivity index is 1.55. The second-order valence-electron chi connectivity index (χ2n) is 7.65. The van der Waals surface area contributed by atoms with Crippen LogP contribution in [0.3, 0.4) is 0 Å². The monoisotopic (exact) mass is 422 g/mol. The number of carbonyl (C=O) groups is 2. The molecule has 3 heterocycles. The molecule has 7 nitrogen and oxygen atoms in total. The fourth-order valence-corrected chi connectivity index (χ4v) is 4.00. The zero-order chi connectivity index (χ0) is 21.6. The van der Waals surface area contributed by atoms with Gasteiger partial charge in [0.05, 0.1) is 56.2 Å². The van der Waals surface area contributed by atoms with Gasteiger partial charge in [0, 0.05) is 13.2 Å². The molecular formula is C20H21F3N4O3. The Hall–Kier alpha value is -2.88. The smallest absolute Gasteiger partial charge is 0.229 e. The van der Waals surface area contributed by atoms with E-state index < -0.39 is 17.5 Å². The molecule has 1 saturated heterocycles. The summed E-state index contributed by atoms with van der Waals surface area (Å²) < 4.78 is 47.2. The van der Waals surface area contributed by atoms with E-state index in [2.05, 4.69) is 5.10 Å². The fourth-order valence-electron chi connectivity index (χ4n) is 4.00. The molecule has 1 aromatic heterocycles. The molecule has 0 N–H and O–H groups in total. The van der Waals surface area contributed by atoms with Crippen LogP contribution in [0.5, 0.6) is 0 Å². The molecule has 160 valence electrons. The van der Waals surface area contributed by atoms with Gasteiger partial charge >= 0.3 is 0 Å². The molecular weight excluding hydrogens is 401 g/mol. The van der Waals surface area contributed by atoms with Gasteiger partial charge in [-0.3, -0.25) is 14.3 Å². The molecule has 0 aliphatic carbocycles. The highest BCUT2D eigenvalue weighted by Crippen LogP contribution is 2.31. The van der Waals surface area contributed by atoms with Crippen LogP contribution in [0.1, 0.15) is 24.6 Å². The number of ether oxygens (including phenoxy) is 1. The summed E-state index contributed by atoms with van der Waals surface area (Å²) in [5.41, 5.74) is 1.40. The largest absolute Gasteiger partial charge is 0.379 e. The van der Waals surface area contributed by atoms with E-state index in [-0.39, 0.29) is 48.9 Å². The van der Waals surface area contributed by atoms with Crippen LogP contribution in [0, 0.1) is 17.5 Å². The van der Waals surface area contributed by atoms with Crippen molar-refractivity contribution in [1.82, 2.24) is 14.7 Å². The van der Waals surface area contributed by atoms with Crippen molar-refractivity contribution in [1.29, 1.82) is 0 Å². The van der Waals surface area contributed by atoms with Crippen molar-refractivity contribution >= 4 is 17.5 Å². The molecule has 2 atom stereocenters. The van der Waals surface area contributed by atoms with Crippen molar-refractivity contribution in [2.75, 3.05) is 18.6 Å². The first-order valence-electron chi connectivity index (χ1n) is 9.59. The molecule has 30 heavy (non-hydrogen) atoms. The number of hydrogen-bond acceptors (Lipinski definition) is 4. The lowest BCUT2D eigenvalue weighted by molar-refractivity contribution is -0.134. The highest BCUT2D eigenvalue weighted by atomic mass is 19.2. The Labute approximate surface area is 171 Å². The predicted octanol–water partition coefficient (Wildman–Crippen LogP) is 2.03. The number of halogens is 3. The molecule has 2 amide bonds. The molecule has 2 aromatic rings. The van der Waals surface area contributed by atoms with Gasteiger partial charge in [-0.05, 0) is 24.6 Å². The first-order valence-corrected chi connectivity index (χ1v) is 9.59. The standard InChI is InChI=1S/C20H21F3N4O3/c1-11-8-27-17(16(7-24-27)26-9-13(30-2)6-19(26)29)10-25(11)18(28)5-12-3-14(21)20(23)15(22)4-12/h3-4,7,11,13H,5-6,8-10H2,1-2H3/t11-,13-/m0/s1. The SMILES string of the molecule is CO[C@H]1CC(=O)N(c2cnn3c2CN(C(=O)Cc2cc(F)c(F)c(F)c2)[C@@H](C)C3)C1. The van der Waals surface area contributed by atoms with Crippen molar-refractivity contribution in [2.24, 2.45) is 0 Å². The molecule has 0 bridgehead atoms. The third-order valence-corrected chi connectivity index (χ3v) is 5.65. The third kappa shape index (κ3) is 3.55. The molecule has 1 fully saturated rings. The van der Waals surface area contributed by atoms with Crippen LogP contribution in [0.4, 0.5) is 18.9 Å². The molecule has 0 saturated carbocycles. The molecule has 2 aliphatic rings. The summed E-state index contributed by atoms with van der Waals surface area (Å²) in [4.78, 5) is 28.4. The van der Waals surface area contributed by atoms with E-state index in [0.29, 0.717) is 24.5 Å². The van der Waals surface area contributed by atoms with Crippen LogP contribution in [0.15, 0.2) is 18.3 Å². The van der Waals surface area contributed by atoms with Gasteiger partial charge in [0.2, 0.25) is 11.8 Å². The topological polar surface area (TPSA) is 67.7 Å². The van der Waals surface area contributed by atoms with Crippen LogP contribution in [-0.4, -0.2) is 52.3 Å². The Morgan fingerprint density at radius 1 is 1.23 bits per heavy atom. The van der Waals surface area contributed by atoms with E-state index >= 15 is 0 Å². The second kappa shape index (κ2) is 7.75. The van der Waals surface area contributed by atoms with E-state index in [0.717, 1.165) is 12.1 Å². The zero-order valence-electron chi connectivity index (χ0n) is 16.6. The highest BCUT2D eigenvalue weighted by molar-refractivity contribution is 5.96. The summed E-state index contributed by atoms with van der Waals surface area (Å²) in [5, 5.41) is 4.35. The Morgan fingerprint density at radius 2 is 1.93 bits per heavy atom. The summed E-state index contributed by atoms with van der Waals surface area (Å²) in [6.07, 6.45) is 1.42. The maximum absolute atomic E-state index is 13.5. The summed E-state index contributed by atoms with van der Waals surface area (Å²) in [5.74, 6) is -4.65. The zero-order valence-corrected chi connectivity index (χ0v) is 16.6. The number of anilines is 1. The summed E-state index contributed by atoms with van der Waals surface area (Å²) in [6.45, 7) is 2.87. The molecule has 10 heteroatoms. The number of carbonyl (C=O) groups excluding carboxylic acids is 2. The van der Waals surface area contributed by atoms with Gasteiger partial charge in [-0.15, -0.1) is 0 Å². The maximum atomic E-state index is 13.5. The van der Waals surface area contributed by atoms with E-state index in [1.807, 2.05) is 6.92 Å². The third-order valence-electron chi connectivity index (χ3n) is 5.65. The number of aromatic nitrogens is 2. The summed E-state index contributed by atoms with van der Waals surface area (Å²) in [7, 11) is 1.55. The second-order valence-corrected chi connectivity index (χ2v) is 7.65. The summed E-state index contributed by atoms with van der Waals surface area (Å²) >= 11 is 0. The van der Waals surface area contributed by atoms with E-state index in [9.17, 15) is 22.8 Å². The van der Waals surface area contributed by atoms with Crippen molar-refractivity contribution < 1.29 is 27.5 Å². The summed E-state index contributed by atoms with van der Waals surface area (Å²) in [6, 6.07) is 1.44. The Kier molecular flexibility index (Phi) is 5.27. The molecule has 0 spiro atoms. The predicted molar refractivity (Wildman–Crippen MR) is 100 cm³/mol. The lowest BCUT2D eigenvalue weighted by atomic mass is 10.1. The lowest BCUT2D eigenvalue weighted by Gasteiger charge is -2.35. The molecule has 0 radical (unpaired) electrons. The number of hydrogen-bond donors (Lipinski definition) is 0. The Bertz CT molecular complexity index is 986. The minimum atomic E-state index is -1.56. The van der Waals surface area contributed by atoms with Crippen LogP contribution >= 0.6 is 0 Å². The van der Waals surface area contributed by atoms with Gasteiger partial charge in [-0.2, -0.15) is 5.10 Å². The average molecular weight is 422 g/mol. The number of amides is 2. The van der Waals surface area contributed by atoms with Gasteiger partial charge in [-0.1, -0.05) is 0 Å². The number of benzene rings is 1. The van der Waals surface area contributed by atoms with Crippen LogP contribution < -0.4 is 4.90 Å². The molecule has 1 aromatic carbocycles. The van der Waals surface area contributed by atoms with Crippen LogP contribution in [-0.2, 0) is 33.8 Å². The van der Waals surface area contributed by atoms with E-state index in [1.54, 1.807) is 27.8 Å². The fraction of sp³-hybridized carbons (Fsp3) is 0.450. The van der Waals surface area contributed by atoms with Crippen molar-refractivity contribution in [3.8, 4) is 0 Å². The maximum Gasteiger partial charge on any atom is 0.229 e. The van der Waals surface area contributed by atoms with Crippen LogP contribution in [0.25, 0.3) is 0 Å². The number of fused-ring (bicyclic) bond motifs is 1. The van der Waals surface area contributed by atoms with Crippen molar-refractivity contribution in [2.45, 2.75) is 45.0 Å². The lowest BCUT2D eigenvalue weighted by Crippen LogP contribution is -2.46. The van der Waals surface area contributed by atoms with Crippen molar-refractivity contribution in [3.05, 3.63) is 47.0 Å². The molecule has 2 aliphatic heterocycles. The van der Waals surface area contributed by atoms with E-state index in [4.69, 9.17) is 4.74 Å². The minimum Gasteiger partial charge on any atom is -0.379 e. The number of nitrogens with zero attached hydrogens (tertiary/aromatic N) is 4. The molecule has 0 unspecified atom stereocenters. The number of rotatable bonds is 4. The number of methoxy groups -OCH3 is 1. The van der Waals surface area contributed by atoms with E-state index in [1.165, 1.54) is 0 Å². The van der Waals surface area contributed by atoms with Gasteiger partial charge in [0.1, 0.15) is 0 Å². The van der Waals surface area contributed by atoms with Gasteiger partial charge < -0.3 is 14.5 Å². The van der Waals surface area contributed by atoms with Gasteiger partial charge in [0.15, 0.2) is 17.5 Å². The first-order chi connectivity index (χ1) is 14.3. The van der Waals surface area contributed by atoms with Gasteiger partial charge in [-0.25, -0.2) is 13.2 Å². The first kappa shape index (κ1) is 20.4. The average Bonchev–Trinajstić information content (AvgIpc) is 3.27. The highest BCUT2D eigenvalue weighted by Gasteiger charge is 2.36. The molecule has 4 rings (SSSR count).